The number of aryl methyl sites for hydroxylation is 1. The van der Waals surface area contributed by atoms with Crippen LogP contribution in [0.1, 0.15) is 37.4 Å². The topological polar surface area (TPSA) is 66.7 Å². The molecule has 27 heavy (non-hydrogen) atoms. The molecule has 6 heteroatoms. The van der Waals surface area contributed by atoms with E-state index >= 15 is 0 Å². The lowest BCUT2D eigenvalue weighted by atomic mass is 9.90. The number of hydrogen-bond acceptors (Lipinski definition) is 4. The van der Waals surface area contributed by atoms with Crippen LogP contribution in [0.4, 0.5) is 0 Å². The summed E-state index contributed by atoms with van der Waals surface area (Å²) in [6.07, 6.45) is 6.24. The molecule has 1 fully saturated rings. The summed E-state index contributed by atoms with van der Waals surface area (Å²) in [5, 5.41) is 0. The second kappa shape index (κ2) is 5.54. The molecule has 3 aromatic rings. The molecule has 1 saturated heterocycles. The van der Waals surface area contributed by atoms with Crippen molar-refractivity contribution in [3.63, 3.8) is 0 Å². The summed E-state index contributed by atoms with van der Waals surface area (Å²) >= 11 is 0. The normalized spacial score (nSPS) is 20.7. The largest absolute Gasteiger partial charge is 0.472 e. The molecule has 5 rings (SSSR count). The molecule has 0 aliphatic carbocycles. The van der Waals surface area contributed by atoms with Crippen molar-refractivity contribution in [1.29, 1.82) is 0 Å². The van der Waals surface area contributed by atoms with Crippen LogP contribution in [0.2, 0.25) is 0 Å². The van der Waals surface area contributed by atoms with E-state index in [1.807, 2.05) is 31.2 Å². The zero-order valence-electron chi connectivity index (χ0n) is 14.8. The number of furan rings is 1. The molecule has 0 bridgehead atoms. The fourth-order valence-corrected chi connectivity index (χ4v) is 4.26. The van der Waals surface area contributed by atoms with Gasteiger partial charge in [-0.1, -0.05) is 29.8 Å². The molecule has 2 aliphatic heterocycles. The molecule has 2 aromatic heterocycles. The Morgan fingerprint density at radius 1 is 1.15 bits per heavy atom. The molecular formula is C21H17N3O3. The Kier molecular flexibility index (Phi) is 3.25. The third kappa shape index (κ3) is 1.98. The maximum Gasteiger partial charge on any atom is 0.259 e. The third-order valence-electron chi connectivity index (χ3n) is 5.47. The second-order valence-electron chi connectivity index (χ2n) is 6.89. The van der Waals surface area contributed by atoms with Gasteiger partial charge in [0.1, 0.15) is 6.26 Å². The molecule has 1 unspecified atom stereocenters. The average molecular weight is 359 g/mol. The SMILES string of the molecule is Cc1ccc(C23c4cnccc4C(=O)N2CCN3C(=O)c2ccoc2)cc1. The Balaban J connectivity index is 1.78. The van der Waals surface area contributed by atoms with Crippen molar-refractivity contribution < 1.29 is 14.0 Å². The van der Waals surface area contributed by atoms with E-state index in [4.69, 9.17) is 4.42 Å². The van der Waals surface area contributed by atoms with Crippen LogP contribution in [-0.4, -0.2) is 39.7 Å². The highest BCUT2D eigenvalue weighted by Crippen LogP contribution is 2.49. The van der Waals surface area contributed by atoms with Gasteiger partial charge in [0.15, 0.2) is 5.66 Å². The van der Waals surface area contributed by atoms with Gasteiger partial charge in [-0.15, -0.1) is 0 Å². The number of nitrogens with zero attached hydrogens (tertiary/aromatic N) is 3. The molecular weight excluding hydrogens is 342 g/mol. The van der Waals surface area contributed by atoms with Gasteiger partial charge in [-0.2, -0.15) is 0 Å². The fraction of sp³-hybridized carbons (Fsp3) is 0.190. The molecule has 4 heterocycles. The summed E-state index contributed by atoms with van der Waals surface area (Å²) in [7, 11) is 0. The summed E-state index contributed by atoms with van der Waals surface area (Å²) in [6.45, 7) is 2.92. The molecule has 6 nitrogen and oxygen atoms in total. The van der Waals surface area contributed by atoms with E-state index in [-0.39, 0.29) is 11.8 Å². The second-order valence-corrected chi connectivity index (χ2v) is 6.89. The van der Waals surface area contributed by atoms with E-state index in [9.17, 15) is 9.59 Å². The average Bonchev–Trinajstić information content (AvgIpc) is 3.40. The van der Waals surface area contributed by atoms with Crippen LogP contribution in [0.3, 0.4) is 0 Å². The van der Waals surface area contributed by atoms with Crippen LogP contribution >= 0.6 is 0 Å². The van der Waals surface area contributed by atoms with E-state index in [1.54, 1.807) is 34.3 Å². The Hall–Kier alpha value is -3.41. The molecule has 134 valence electrons. The smallest absolute Gasteiger partial charge is 0.259 e. The van der Waals surface area contributed by atoms with Crippen molar-refractivity contribution in [2.45, 2.75) is 12.6 Å². The highest BCUT2D eigenvalue weighted by molar-refractivity contribution is 6.03. The molecule has 0 saturated carbocycles. The number of hydrogen-bond donors (Lipinski definition) is 0. The van der Waals surface area contributed by atoms with E-state index in [0.29, 0.717) is 24.2 Å². The lowest BCUT2D eigenvalue weighted by molar-refractivity contribution is 0.0374. The van der Waals surface area contributed by atoms with Gasteiger partial charge in [0, 0.05) is 36.6 Å². The molecule has 0 spiro atoms. The minimum absolute atomic E-state index is 0.0736. The number of pyridine rings is 1. The quantitative estimate of drug-likeness (QED) is 0.706. The van der Waals surface area contributed by atoms with Crippen LogP contribution in [0.15, 0.2) is 65.7 Å². The lowest BCUT2D eigenvalue weighted by Gasteiger charge is -2.40. The Bertz CT molecular complexity index is 1040. The number of carbonyl (C=O) groups excluding carboxylic acids is 2. The number of amides is 2. The zero-order valence-corrected chi connectivity index (χ0v) is 14.8. The number of fused-ring (bicyclic) bond motifs is 3. The van der Waals surface area contributed by atoms with E-state index in [1.165, 1.54) is 12.5 Å². The van der Waals surface area contributed by atoms with Crippen LogP contribution in [0, 0.1) is 6.92 Å². The van der Waals surface area contributed by atoms with Crippen molar-refractivity contribution >= 4 is 11.8 Å². The van der Waals surface area contributed by atoms with Gasteiger partial charge in [-0.25, -0.2) is 0 Å². The molecule has 1 aromatic carbocycles. The molecule has 2 amide bonds. The minimum Gasteiger partial charge on any atom is -0.472 e. The van der Waals surface area contributed by atoms with Gasteiger partial charge in [-0.05, 0) is 19.1 Å². The highest BCUT2D eigenvalue weighted by Gasteiger charge is 2.59. The van der Waals surface area contributed by atoms with Crippen molar-refractivity contribution in [2.75, 3.05) is 13.1 Å². The van der Waals surface area contributed by atoms with Gasteiger partial charge >= 0.3 is 0 Å². The van der Waals surface area contributed by atoms with Gasteiger partial charge in [0.25, 0.3) is 11.8 Å². The standard InChI is InChI=1S/C21H17N3O3/c1-14-2-4-16(5-3-14)21-18-12-22-8-6-17(18)20(26)24(21)10-9-23(21)19(25)15-7-11-27-13-15/h2-8,11-13H,9-10H2,1H3. The summed E-state index contributed by atoms with van der Waals surface area (Å²) in [4.78, 5) is 34.2. The number of carbonyl (C=O) groups is 2. The number of aromatic nitrogens is 1. The van der Waals surface area contributed by atoms with Crippen LogP contribution in [0.25, 0.3) is 0 Å². The van der Waals surface area contributed by atoms with Crippen molar-refractivity contribution in [3.05, 3.63) is 89.1 Å². The monoisotopic (exact) mass is 359 g/mol. The highest BCUT2D eigenvalue weighted by atomic mass is 16.3. The van der Waals surface area contributed by atoms with E-state index in [2.05, 4.69) is 4.98 Å². The maximum atomic E-state index is 13.3. The molecule has 0 radical (unpaired) electrons. The van der Waals surface area contributed by atoms with E-state index < -0.39 is 5.66 Å². The lowest BCUT2D eigenvalue weighted by Crippen LogP contribution is -2.51. The third-order valence-corrected chi connectivity index (χ3v) is 5.47. The first-order chi connectivity index (χ1) is 13.1. The van der Waals surface area contributed by atoms with Gasteiger partial charge in [0.05, 0.1) is 17.4 Å². The Morgan fingerprint density at radius 3 is 2.70 bits per heavy atom. The first kappa shape index (κ1) is 15.8. The first-order valence-electron chi connectivity index (χ1n) is 8.82. The summed E-state index contributed by atoms with van der Waals surface area (Å²) in [5.41, 5.74) is 2.81. The van der Waals surface area contributed by atoms with Gasteiger partial charge < -0.3 is 14.2 Å². The predicted molar refractivity (Wildman–Crippen MR) is 97.0 cm³/mol. The number of benzene rings is 1. The van der Waals surface area contributed by atoms with Crippen molar-refractivity contribution in [2.24, 2.45) is 0 Å². The number of rotatable bonds is 2. The van der Waals surface area contributed by atoms with Crippen LogP contribution in [0.5, 0.6) is 0 Å². The first-order valence-corrected chi connectivity index (χ1v) is 8.82. The fourth-order valence-electron chi connectivity index (χ4n) is 4.26. The maximum absolute atomic E-state index is 13.3. The van der Waals surface area contributed by atoms with Crippen LogP contribution < -0.4 is 0 Å². The summed E-state index contributed by atoms with van der Waals surface area (Å²) < 4.78 is 5.11. The summed E-state index contributed by atoms with van der Waals surface area (Å²) in [5.74, 6) is -0.244. The molecule has 1 atom stereocenters. The van der Waals surface area contributed by atoms with Crippen LogP contribution in [-0.2, 0) is 5.66 Å². The Morgan fingerprint density at radius 2 is 1.96 bits per heavy atom. The molecule has 2 aliphatic rings. The Labute approximate surface area is 156 Å². The molecule has 0 N–H and O–H groups in total. The predicted octanol–water partition coefficient (Wildman–Crippen LogP) is 2.80. The van der Waals surface area contributed by atoms with Gasteiger partial charge in [-0.3, -0.25) is 14.6 Å². The summed E-state index contributed by atoms with van der Waals surface area (Å²) in [6, 6.07) is 11.3. The van der Waals surface area contributed by atoms with Crippen molar-refractivity contribution in [1.82, 2.24) is 14.8 Å². The van der Waals surface area contributed by atoms with Crippen molar-refractivity contribution in [3.8, 4) is 0 Å². The zero-order chi connectivity index (χ0) is 18.6. The van der Waals surface area contributed by atoms with E-state index in [0.717, 1.165) is 16.7 Å². The van der Waals surface area contributed by atoms with Gasteiger partial charge in [0.2, 0.25) is 0 Å². The minimum atomic E-state index is -0.983.